The van der Waals surface area contributed by atoms with E-state index in [0.29, 0.717) is 0 Å². The summed E-state index contributed by atoms with van der Waals surface area (Å²) < 4.78 is 302. The summed E-state index contributed by atoms with van der Waals surface area (Å²) in [5.74, 6) is -70.5. The number of fused-ring (bicyclic) bond motifs is 1. The van der Waals surface area contributed by atoms with Crippen LogP contribution in [0.1, 0.15) is 26.3 Å². The van der Waals surface area contributed by atoms with E-state index in [2.05, 4.69) is 80.2 Å². The Morgan fingerprint density at radius 1 is 0.373 bits per heavy atom. The van der Waals surface area contributed by atoms with Crippen molar-refractivity contribution in [2.24, 2.45) is 0 Å². The van der Waals surface area contributed by atoms with Crippen molar-refractivity contribution in [1.82, 2.24) is 0 Å². The number of nitrogens with zero attached hydrogens (tertiary/aromatic N) is 1. The number of benzene rings is 6. The highest BCUT2D eigenvalue weighted by Gasteiger charge is 2.52. The lowest BCUT2D eigenvalue weighted by atomic mass is 9.12. The molecule has 6 aromatic carbocycles. The van der Waals surface area contributed by atoms with Crippen LogP contribution in [0.3, 0.4) is 0 Å². The quantitative estimate of drug-likeness (QED) is 0.0510. The highest BCUT2D eigenvalue weighted by Crippen LogP contribution is 2.31. The van der Waals surface area contributed by atoms with Crippen LogP contribution in [-0.4, -0.2) is 11.7 Å². The second-order valence-electron chi connectivity index (χ2n) is 15.4. The minimum atomic E-state index is -7.22. The zero-order valence-electron chi connectivity index (χ0n) is 33.6. The van der Waals surface area contributed by atoms with Crippen molar-refractivity contribution in [1.29, 1.82) is 0 Å². The second kappa shape index (κ2) is 18.1. The van der Waals surface area contributed by atoms with Gasteiger partial charge in [-0.05, 0) is 56.5 Å². The van der Waals surface area contributed by atoms with Gasteiger partial charge in [0.2, 0.25) is 0 Å². The lowest BCUT2D eigenvalue weighted by Crippen LogP contribution is -2.81. The van der Waals surface area contributed by atoms with Gasteiger partial charge in [-0.25, -0.2) is 92.4 Å². The van der Waals surface area contributed by atoms with Gasteiger partial charge in [0.05, 0.1) is 0 Å². The molecule has 0 saturated heterocycles. The Kier molecular flexibility index (Phi) is 13.4. The maximum absolute atomic E-state index is 15.4. The Labute approximate surface area is 363 Å². The van der Waals surface area contributed by atoms with E-state index < -0.39 is 144 Å². The van der Waals surface area contributed by atoms with Crippen molar-refractivity contribution in [3.63, 3.8) is 0 Å². The summed E-state index contributed by atoms with van der Waals surface area (Å²) in [6.07, 6.45) is -2.90. The number of hydrogen-bond donors (Lipinski definition) is 0. The minimum absolute atomic E-state index is 0.158. The molecule has 0 saturated carbocycles. The van der Waals surface area contributed by atoms with E-state index in [0.717, 1.165) is 12.3 Å². The first kappa shape index (κ1) is 49.6. The lowest BCUT2D eigenvalue weighted by Gasteiger charge is -2.44. The van der Waals surface area contributed by atoms with E-state index in [9.17, 15) is 52.7 Å². The molecule has 0 unspecified atom stereocenters. The third-order valence-corrected chi connectivity index (χ3v) is 10.2. The molecule has 0 bridgehead atoms. The molecule has 352 valence electrons. The van der Waals surface area contributed by atoms with Crippen LogP contribution in [-0.2, 0) is 6.54 Å². The first-order chi connectivity index (χ1) is 31.2. The predicted octanol–water partition coefficient (Wildman–Crippen LogP) is 10.2. The van der Waals surface area contributed by atoms with E-state index >= 15 is 35.1 Å². The highest BCUT2D eigenvalue weighted by atomic mass is 19.2. The maximum Gasteiger partial charge on any atom is 0.200 e. The maximum atomic E-state index is 15.4. The molecular formula is C44H22BF20NO. The molecule has 2 nitrogen and oxygen atoms in total. The normalized spacial score (nSPS) is 11.9. The summed E-state index contributed by atoms with van der Waals surface area (Å²) in [5.41, 5.74) is -13.2. The van der Waals surface area contributed by atoms with Crippen LogP contribution in [0, 0.1) is 116 Å². The van der Waals surface area contributed by atoms with Crippen molar-refractivity contribution >= 4 is 38.8 Å². The van der Waals surface area contributed by atoms with Crippen LogP contribution in [0.15, 0.2) is 67.0 Å². The summed E-state index contributed by atoms with van der Waals surface area (Å²) in [6.45, 7) is 7.05. The Balaban J connectivity index is 0.000000279. The SMILES string of the molecule is CC(C)(C)Oc1ccc(C[n+]2ccc3ccccc3c2)cc1.Fc1c(F)c(F)c([B-](c2c(F)c(F)c(F)c(F)c2F)(c2c(F)c(F)c(F)c(F)c2F)c2c(F)c(F)c(F)c(F)c2F)c(F)c1F. The lowest BCUT2D eigenvalue weighted by molar-refractivity contribution is -0.687. The van der Waals surface area contributed by atoms with Crippen molar-refractivity contribution in [2.45, 2.75) is 32.9 Å². The van der Waals surface area contributed by atoms with Crippen molar-refractivity contribution in [3.05, 3.63) is 189 Å². The van der Waals surface area contributed by atoms with Gasteiger partial charge in [-0.2, -0.15) is 0 Å². The fraction of sp³-hybridized carbons (Fsp3) is 0.114. The van der Waals surface area contributed by atoms with E-state index in [-0.39, 0.29) is 5.60 Å². The molecule has 0 atom stereocenters. The van der Waals surface area contributed by atoms with E-state index in [4.69, 9.17) is 4.74 Å². The van der Waals surface area contributed by atoms with Gasteiger partial charge in [-0.1, -0.05) is 18.2 Å². The number of pyridine rings is 1. The number of rotatable bonds is 7. The molecular weight excluding hydrogens is 949 g/mol. The van der Waals surface area contributed by atoms with Crippen LogP contribution in [0.25, 0.3) is 10.8 Å². The van der Waals surface area contributed by atoms with E-state index in [1.54, 1.807) is 0 Å². The largest absolute Gasteiger partial charge is 0.488 e. The summed E-state index contributed by atoms with van der Waals surface area (Å²) in [6, 6.07) is 18.9. The molecule has 23 heteroatoms. The molecule has 7 rings (SSSR count). The molecule has 67 heavy (non-hydrogen) atoms. The Morgan fingerprint density at radius 2 is 0.657 bits per heavy atom. The van der Waals surface area contributed by atoms with Crippen molar-refractivity contribution in [2.75, 3.05) is 0 Å². The Bertz CT molecular complexity index is 2740. The summed E-state index contributed by atoms with van der Waals surface area (Å²) in [7, 11) is 0. The van der Waals surface area contributed by atoms with Gasteiger partial charge in [0, 0.05) is 17.0 Å². The number of ether oxygens (including phenoxy) is 1. The fourth-order valence-electron chi connectivity index (χ4n) is 7.38. The van der Waals surface area contributed by atoms with Crippen LogP contribution in [0.5, 0.6) is 5.75 Å². The minimum Gasteiger partial charge on any atom is -0.488 e. The second-order valence-corrected chi connectivity index (χ2v) is 15.4. The standard InChI is InChI=1S/C24BF20.C20H22NO/c26-5-1(6(27)14(35)21(42)13(5)34)25(2-7(28)15(36)22(43)16(37)8(2)29,3-9(30)17(38)23(44)18(39)10(3)31)4-11(32)19(40)24(45)20(41)12(4)33;1-20(2,3)22-19-10-8-16(9-11-19)14-21-13-12-17-6-4-5-7-18(17)15-21/h;4-13,15H,14H2,1-3H3/q-1;+1. The molecule has 0 aliphatic rings. The number of aromatic nitrogens is 1. The Morgan fingerprint density at radius 3 is 0.955 bits per heavy atom. The molecule has 0 aliphatic carbocycles. The van der Waals surface area contributed by atoms with Gasteiger partial charge in [0.15, 0.2) is 88.7 Å². The zero-order valence-corrected chi connectivity index (χ0v) is 33.6. The van der Waals surface area contributed by atoms with Crippen LogP contribution < -0.4 is 31.2 Å². The van der Waals surface area contributed by atoms with Crippen molar-refractivity contribution < 1.29 is 97.1 Å². The third-order valence-electron chi connectivity index (χ3n) is 10.2. The first-order valence-corrected chi connectivity index (χ1v) is 18.6. The zero-order chi connectivity index (χ0) is 49.9. The van der Waals surface area contributed by atoms with Crippen LogP contribution in [0.4, 0.5) is 87.8 Å². The summed E-state index contributed by atoms with van der Waals surface area (Å²) in [4.78, 5) is 0. The van der Waals surface area contributed by atoms with Gasteiger partial charge >= 0.3 is 0 Å². The molecule has 0 N–H and O–H groups in total. The van der Waals surface area contributed by atoms with E-state index in [1.807, 2.05) is 12.1 Å². The van der Waals surface area contributed by atoms with Crippen LogP contribution >= 0.6 is 0 Å². The molecule has 1 heterocycles. The molecule has 0 amide bonds. The highest BCUT2D eigenvalue weighted by molar-refractivity contribution is 7.20. The average molecular weight is 971 g/mol. The van der Waals surface area contributed by atoms with E-state index in [1.165, 1.54) is 16.3 Å². The van der Waals surface area contributed by atoms with Gasteiger partial charge < -0.3 is 4.74 Å². The summed E-state index contributed by atoms with van der Waals surface area (Å²) in [5, 5.41) is 2.53. The molecule has 0 spiro atoms. The van der Waals surface area contributed by atoms with Crippen molar-refractivity contribution in [3.8, 4) is 5.75 Å². The van der Waals surface area contributed by atoms with Gasteiger partial charge in [-0.3, -0.25) is 0 Å². The molecule has 0 aliphatic heterocycles. The average Bonchev–Trinajstić information content (AvgIpc) is 3.29. The molecule has 0 fully saturated rings. The molecule has 1 aromatic heterocycles. The van der Waals surface area contributed by atoms with Crippen LogP contribution in [0.2, 0.25) is 0 Å². The van der Waals surface area contributed by atoms with Gasteiger partial charge in [0.1, 0.15) is 64.0 Å². The van der Waals surface area contributed by atoms with Gasteiger partial charge in [-0.15, -0.1) is 21.9 Å². The molecule has 7 aromatic rings. The first-order valence-electron chi connectivity index (χ1n) is 18.6. The number of hydrogen-bond acceptors (Lipinski definition) is 1. The summed E-state index contributed by atoms with van der Waals surface area (Å²) >= 11 is 0. The Hall–Kier alpha value is -6.81. The fourth-order valence-corrected chi connectivity index (χ4v) is 7.38. The predicted molar refractivity (Wildman–Crippen MR) is 199 cm³/mol. The molecule has 0 radical (unpaired) electrons. The third kappa shape index (κ3) is 8.36. The monoisotopic (exact) mass is 971 g/mol. The smallest absolute Gasteiger partial charge is 0.200 e. The topological polar surface area (TPSA) is 13.1 Å². The number of halogens is 20. The van der Waals surface area contributed by atoms with Gasteiger partial charge in [0.25, 0.3) is 0 Å².